The zero-order valence-corrected chi connectivity index (χ0v) is 9.91. The Kier molecular flexibility index (Phi) is 2.74. The molecule has 1 aliphatic heterocycles. The molecule has 2 aromatic rings. The minimum Gasteiger partial charge on any atom is -0.312 e. The molecule has 0 radical (unpaired) electrons. The maximum atomic E-state index is 6.19. The molecular formula is C12H11ClN4. The second kappa shape index (κ2) is 4.39. The number of hydrogen-bond acceptors (Lipinski definition) is 4. The summed E-state index contributed by atoms with van der Waals surface area (Å²) in [6, 6.07) is 3.81. The van der Waals surface area contributed by atoms with Gasteiger partial charge < -0.3 is 5.32 Å². The van der Waals surface area contributed by atoms with Gasteiger partial charge in [0.05, 0.1) is 5.69 Å². The Labute approximate surface area is 104 Å². The highest BCUT2D eigenvalue weighted by atomic mass is 35.5. The molecule has 4 nitrogen and oxygen atoms in total. The van der Waals surface area contributed by atoms with Crippen LogP contribution in [0.15, 0.2) is 24.5 Å². The normalized spacial score (nSPS) is 14.4. The first-order chi connectivity index (χ1) is 8.34. The van der Waals surface area contributed by atoms with E-state index in [2.05, 4.69) is 20.3 Å². The van der Waals surface area contributed by atoms with Gasteiger partial charge >= 0.3 is 0 Å². The lowest BCUT2D eigenvalue weighted by Crippen LogP contribution is -2.25. The molecule has 0 unspecified atom stereocenters. The van der Waals surface area contributed by atoms with Crippen LogP contribution in [0.3, 0.4) is 0 Å². The molecule has 0 atom stereocenters. The lowest BCUT2D eigenvalue weighted by molar-refractivity contribution is 0.627. The standard InChI is InChI=1S/C12H11ClN4/c13-11-9-7-15-5-3-10(9)16-12(17-11)8-2-1-4-14-6-8/h1-2,4,6,15H,3,5,7H2. The molecule has 0 saturated carbocycles. The second-order valence-electron chi connectivity index (χ2n) is 3.93. The fourth-order valence-electron chi connectivity index (χ4n) is 1.93. The highest BCUT2D eigenvalue weighted by Crippen LogP contribution is 2.23. The third-order valence-electron chi connectivity index (χ3n) is 2.80. The fourth-order valence-corrected chi connectivity index (χ4v) is 2.18. The van der Waals surface area contributed by atoms with Gasteiger partial charge in [0.15, 0.2) is 5.82 Å². The van der Waals surface area contributed by atoms with Crippen LogP contribution >= 0.6 is 11.6 Å². The van der Waals surface area contributed by atoms with Crippen LogP contribution in [0.25, 0.3) is 11.4 Å². The minimum absolute atomic E-state index is 0.543. The number of aromatic nitrogens is 3. The van der Waals surface area contributed by atoms with Crippen molar-refractivity contribution in [1.29, 1.82) is 0 Å². The van der Waals surface area contributed by atoms with E-state index >= 15 is 0 Å². The predicted octanol–water partition coefficient (Wildman–Crippen LogP) is 1.84. The van der Waals surface area contributed by atoms with Gasteiger partial charge in [0.2, 0.25) is 0 Å². The van der Waals surface area contributed by atoms with E-state index in [0.29, 0.717) is 11.0 Å². The molecule has 0 fully saturated rings. The van der Waals surface area contributed by atoms with Gasteiger partial charge in [-0.3, -0.25) is 4.98 Å². The van der Waals surface area contributed by atoms with Crippen molar-refractivity contribution in [2.75, 3.05) is 6.54 Å². The maximum Gasteiger partial charge on any atom is 0.162 e. The van der Waals surface area contributed by atoms with Crippen LogP contribution in [0.2, 0.25) is 5.15 Å². The van der Waals surface area contributed by atoms with Crippen LogP contribution in [0.1, 0.15) is 11.3 Å². The molecule has 1 aliphatic rings. The van der Waals surface area contributed by atoms with Crippen LogP contribution in [0.4, 0.5) is 0 Å². The van der Waals surface area contributed by atoms with Gasteiger partial charge in [-0.15, -0.1) is 0 Å². The molecule has 3 rings (SSSR count). The summed E-state index contributed by atoms with van der Waals surface area (Å²) in [5.41, 5.74) is 2.96. The number of hydrogen-bond donors (Lipinski definition) is 1. The zero-order chi connectivity index (χ0) is 11.7. The summed E-state index contributed by atoms with van der Waals surface area (Å²) in [5.74, 6) is 0.656. The third-order valence-corrected chi connectivity index (χ3v) is 3.12. The van der Waals surface area contributed by atoms with Gasteiger partial charge in [-0.2, -0.15) is 0 Å². The van der Waals surface area contributed by atoms with E-state index in [9.17, 15) is 0 Å². The van der Waals surface area contributed by atoms with Gasteiger partial charge in [-0.1, -0.05) is 11.6 Å². The first-order valence-corrected chi connectivity index (χ1v) is 5.89. The zero-order valence-electron chi connectivity index (χ0n) is 9.15. The maximum absolute atomic E-state index is 6.19. The number of nitrogens with one attached hydrogen (secondary N) is 1. The largest absolute Gasteiger partial charge is 0.312 e. The topological polar surface area (TPSA) is 50.7 Å². The SMILES string of the molecule is Clc1nc(-c2cccnc2)nc2c1CNCC2. The Morgan fingerprint density at radius 3 is 3.06 bits per heavy atom. The lowest BCUT2D eigenvalue weighted by Gasteiger charge is -2.17. The molecule has 0 aliphatic carbocycles. The minimum atomic E-state index is 0.543. The molecule has 86 valence electrons. The van der Waals surface area contributed by atoms with E-state index < -0.39 is 0 Å². The van der Waals surface area contributed by atoms with Crippen molar-refractivity contribution in [2.24, 2.45) is 0 Å². The number of rotatable bonds is 1. The Morgan fingerprint density at radius 1 is 1.29 bits per heavy atom. The number of pyridine rings is 1. The Hall–Kier alpha value is -1.52. The van der Waals surface area contributed by atoms with E-state index in [-0.39, 0.29) is 0 Å². The highest BCUT2D eigenvalue weighted by molar-refractivity contribution is 6.30. The van der Waals surface area contributed by atoms with Gasteiger partial charge in [-0.25, -0.2) is 9.97 Å². The van der Waals surface area contributed by atoms with Crippen molar-refractivity contribution >= 4 is 11.6 Å². The molecule has 0 aromatic carbocycles. The molecule has 2 aromatic heterocycles. The van der Waals surface area contributed by atoms with Crippen molar-refractivity contribution in [1.82, 2.24) is 20.3 Å². The Balaban J connectivity index is 2.11. The molecular weight excluding hydrogens is 236 g/mol. The van der Waals surface area contributed by atoms with Crippen molar-refractivity contribution in [3.8, 4) is 11.4 Å². The number of nitrogens with zero attached hydrogens (tertiary/aromatic N) is 3. The van der Waals surface area contributed by atoms with E-state index in [4.69, 9.17) is 11.6 Å². The van der Waals surface area contributed by atoms with Crippen LogP contribution in [0.5, 0.6) is 0 Å². The van der Waals surface area contributed by atoms with Crippen molar-refractivity contribution in [3.05, 3.63) is 40.9 Å². The smallest absolute Gasteiger partial charge is 0.162 e. The predicted molar refractivity (Wildman–Crippen MR) is 65.7 cm³/mol. The third kappa shape index (κ3) is 2.01. The summed E-state index contributed by atoms with van der Waals surface area (Å²) in [4.78, 5) is 13.0. The lowest BCUT2D eigenvalue weighted by atomic mass is 10.1. The van der Waals surface area contributed by atoms with Gasteiger partial charge in [-0.05, 0) is 12.1 Å². The molecule has 1 N–H and O–H groups in total. The van der Waals surface area contributed by atoms with Crippen LogP contribution in [-0.2, 0) is 13.0 Å². The molecule has 3 heterocycles. The van der Waals surface area contributed by atoms with Crippen molar-refractivity contribution in [3.63, 3.8) is 0 Å². The summed E-state index contributed by atoms with van der Waals surface area (Å²) in [5, 5.41) is 3.81. The molecule has 0 saturated heterocycles. The van der Waals surface area contributed by atoms with Crippen molar-refractivity contribution in [2.45, 2.75) is 13.0 Å². The van der Waals surface area contributed by atoms with Gasteiger partial charge in [0, 0.05) is 43.0 Å². The second-order valence-corrected chi connectivity index (χ2v) is 4.29. The summed E-state index contributed by atoms with van der Waals surface area (Å²) >= 11 is 6.19. The quantitative estimate of drug-likeness (QED) is 0.780. The summed E-state index contributed by atoms with van der Waals surface area (Å²) < 4.78 is 0. The molecule has 0 amide bonds. The van der Waals surface area contributed by atoms with Crippen LogP contribution in [-0.4, -0.2) is 21.5 Å². The first-order valence-electron chi connectivity index (χ1n) is 5.51. The average molecular weight is 247 g/mol. The monoisotopic (exact) mass is 246 g/mol. The molecule has 17 heavy (non-hydrogen) atoms. The highest BCUT2D eigenvalue weighted by Gasteiger charge is 2.16. The van der Waals surface area contributed by atoms with E-state index in [0.717, 1.165) is 36.3 Å². The van der Waals surface area contributed by atoms with E-state index in [1.54, 1.807) is 12.4 Å². The summed E-state index contributed by atoms with van der Waals surface area (Å²) in [7, 11) is 0. The number of fused-ring (bicyclic) bond motifs is 1. The fraction of sp³-hybridized carbons (Fsp3) is 0.250. The molecule has 0 spiro atoms. The molecule has 5 heteroatoms. The molecule has 0 bridgehead atoms. The Bertz CT molecular complexity index is 542. The van der Waals surface area contributed by atoms with Gasteiger partial charge in [0.1, 0.15) is 5.15 Å². The van der Waals surface area contributed by atoms with Crippen molar-refractivity contribution < 1.29 is 0 Å². The van der Waals surface area contributed by atoms with Crippen LogP contribution in [0, 0.1) is 0 Å². The Morgan fingerprint density at radius 2 is 2.24 bits per heavy atom. The van der Waals surface area contributed by atoms with E-state index in [1.165, 1.54) is 0 Å². The number of halogens is 1. The van der Waals surface area contributed by atoms with E-state index in [1.807, 2.05) is 12.1 Å². The summed E-state index contributed by atoms with van der Waals surface area (Å²) in [6.45, 7) is 1.69. The average Bonchev–Trinajstić information content (AvgIpc) is 2.40. The first kappa shape index (κ1) is 10.6. The van der Waals surface area contributed by atoms with Crippen LogP contribution < -0.4 is 5.32 Å². The van der Waals surface area contributed by atoms with Gasteiger partial charge in [0.25, 0.3) is 0 Å². The summed E-state index contributed by atoms with van der Waals surface area (Å²) in [6.07, 6.45) is 4.37.